The average Bonchev–Trinajstić information content (AvgIpc) is 2.37. The van der Waals surface area contributed by atoms with Crippen molar-refractivity contribution in [3.8, 4) is 0 Å². The minimum absolute atomic E-state index is 0.449. The van der Waals surface area contributed by atoms with Crippen LogP contribution < -0.4 is 5.11 Å². The molecule has 0 aliphatic carbocycles. The van der Waals surface area contributed by atoms with Crippen LogP contribution in [-0.2, 0) is 9.62 Å². The van der Waals surface area contributed by atoms with Gasteiger partial charge in [-0.05, 0) is 12.8 Å². The van der Waals surface area contributed by atoms with Crippen LogP contribution in [0, 0.1) is 0 Å². The summed E-state index contributed by atoms with van der Waals surface area (Å²) in [5, 5.41) is 18.4. The maximum atomic E-state index is 10.5. The van der Waals surface area contributed by atoms with Gasteiger partial charge in [0.2, 0.25) is 0 Å². The molecular weight excluding hydrogens is 124 g/mol. The van der Waals surface area contributed by atoms with Crippen LogP contribution >= 0.6 is 0 Å². The van der Waals surface area contributed by atoms with Crippen LogP contribution in [0.5, 0.6) is 0 Å². The van der Waals surface area contributed by atoms with E-state index in [1.54, 1.807) is 0 Å². The molecule has 2 atom stereocenters. The van der Waals surface area contributed by atoms with Gasteiger partial charge in [0, 0.05) is 12.9 Å². The first-order chi connectivity index (χ1) is 4.34. The molecule has 0 bridgehead atoms. The highest BCUT2D eigenvalue weighted by Gasteiger charge is 2.18. The van der Waals surface area contributed by atoms with E-state index >= 15 is 0 Å². The fourth-order valence-electron chi connectivity index (χ4n) is 0.885. The van der Waals surface area contributed by atoms with Crippen LogP contribution in [0.4, 0.5) is 0 Å². The van der Waals surface area contributed by atoms with E-state index in [0.717, 1.165) is 6.42 Å². The lowest BCUT2D eigenvalue weighted by Crippen LogP contribution is -2.39. The molecule has 0 spiro atoms. The number of hydrogen-bond donors (Lipinski definition) is 1. The smallest absolute Gasteiger partial charge is 0.0718 e. The van der Waals surface area contributed by atoms with Crippen LogP contribution in [0.25, 0.3) is 0 Å². The molecule has 2 unspecified atom stereocenters. The predicted molar refractivity (Wildman–Crippen MR) is 26.5 cm³/mol. The molecule has 4 nitrogen and oxygen atoms in total. The van der Waals surface area contributed by atoms with Crippen molar-refractivity contribution in [1.29, 1.82) is 0 Å². The molecule has 1 fully saturated rings. The first-order valence-corrected chi connectivity index (χ1v) is 2.92. The lowest BCUT2D eigenvalue weighted by Gasteiger charge is -2.23. The van der Waals surface area contributed by atoms with Crippen molar-refractivity contribution in [2.75, 3.05) is 6.61 Å². The normalized spacial score (nSPS) is 30.7. The summed E-state index contributed by atoms with van der Waals surface area (Å²) in [6, 6.07) is 0. The van der Waals surface area contributed by atoms with Crippen molar-refractivity contribution in [3.63, 3.8) is 0 Å². The summed E-state index contributed by atoms with van der Waals surface area (Å²) in [5.74, 6) is 0. The quantitative estimate of drug-likeness (QED) is 0.308. The molecule has 0 aromatic rings. The molecule has 1 saturated heterocycles. The van der Waals surface area contributed by atoms with Crippen molar-refractivity contribution < 1.29 is 20.0 Å². The first kappa shape index (κ1) is 6.95. The Morgan fingerprint density at radius 1 is 1.78 bits per heavy atom. The largest absolute Gasteiger partial charge is 0.827 e. The molecule has 1 aliphatic rings. The van der Waals surface area contributed by atoms with Crippen LogP contribution in [0.2, 0.25) is 0 Å². The van der Waals surface area contributed by atoms with Crippen LogP contribution in [0.15, 0.2) is 0 Å². The van der Waals surface area contributed by atoms with Gasteiger partial charge in [-0.1, -0.05) is 0 Å². The Morgan fingerprint density at radius 2 is 2.56 bits per heavy atom. The zero-order valence-corrected chi connectivity index (χ0v) is 4.95. The Kier molecular flexibility index (Phi) is 2.41. The number of rotatable bonds is 2. The highest BCUT2D eigenvalue weighted by atomic mass is 17.1. The molecule has 1 N–H and O–H groups in total. The highest BCUT2D eigenvalue weighted by molar-refractivity contribution is 4.65. The molecular formula is C5H9O4-. The van der Waals surface area contributed by atoms with Gasteiger partial charge in [0.25, 0.3) is 0 Å². The summed E-state index contributed by atoms with van der Waals surface area (Å²) in [7, 11) is 0. The van der Waals surface area contributed by atoms with Crippen molar-refractivity contribution in [2.24, 2.45) is 0 Å². The maximum Gasteiger partial charge on any atom is 0.0718 e. The fraction of sp³-hybridized carbons (Fsp3) is 1.00. The van der Waals surface area contributed by atoms with Gasteiger partial charge in [-0.25, -0.2) is 0 Å². The van der Waals surface area contributed by atoms with Crippen LogP contribution in [0.1, 0.15) is 12.8 Å². The summed E-state index contributed by atoms with van der Waals surface area (Å²) in [4.78, 5) is 3.55. The Morgan fingerprint density at radius 3 is 3.00 bits per heavy atom. The summed E-state index contributed by atoms with van der Waals surface area (Å²) < 4.78 is 4.91. The van der Waals surface area contributed by atoms with Gasteiger partial charge >= 0.3 is 0 Å². The summed E-state index contributed by atoms with van der Waals surface area (Å²) in [5.41, 5.74) is 0. The van der Waals surface area contributed by atoms with Gasteiger partial charge in [0.15, 0.2) is 0 Å². The van der Waals surface area contributed by atoms with Crippen molar-refractivity contribution in [1.82, 2.24) is 0 Å². The summed E-state index contributed by atoms with van der Waals surface area (Å²) >= 11 is 0. The second-order valence-corrected chi connectivity index (χ2v) is 2.03. The van der Waals surface area contributed by atoms with Gasteiger partial charge in [-0.2, -0.15) is 0 Å². The molecule has 54 valence electrons. The average molecular weight is 133 g/mol. The van der Waals surface area contributed by atoms with E-state index in [0.29, 0.717) is 13.0 Å². The number of ether oxygens (including phenoxy) is 1. The van der Waals surface area contributed by atoms with E-state index in [9.17, 15) is 5.11 Å². The van der Waals surface area contributed by atoms with Gasteiger partial charge in [0.05, 0.1) is 6.10 Å². The minimum atomic E-state index is -1.42. The molecule has 0 radical (unpaired) electrons. The topological polar surface area (TPSA) is 61.8 Å². The van der Waals surface area contributed by atoms with E-state index in [1.807, 2.05) is 0 Å². The standard InChI is InChI=1S/C5H9O4/c6-5(9-7)4-2-1-3-8-4/h4-5,7H,1-3H2/q-1. The van der Waals surface area contributed by atoms with E-state index in [1.165, 1.54) is 0 Å². The van der Waals surface area contributed by atoms with Gasteiger partial charge in [-0.15, -0.1) is 0 Å². The summed E-state index contributed by atoms with van der Waals surface area (Å²) in [6.45, 7) is 0.604. The third-order valence-electron chi connectivity index (χ3n) is 1.37. The molecule has 4 heteroatoms. The zero-order valence-electron chi connectivity index (χ0n) is 4.95. The lowest BCUT2D eigenvalue weighted by molar-refractivity contribution is -0.564. The van der Waals surface area contributed by atoms with E-state index in [2.05, 4.69) is 4.89 Å². The SMILES string of the molecule is [O-]C(OO)C1CCCO1. The molecule has 0 saturated carbocycles. The third-order valence-corrected chi connectivity index (χ3v) is 1.37. The first-order valence-electron chi connectivity index (χ1n) is 2.92. The monoisotopic (exact) mass is 133 g/mol. The lowest BCUT2D eigenvalue weighted by atomic mass is 10.2. The van der Waals surface area contributed by atoms with Crippen molar-refractivity contribution in [2.45, 2.75) is 25.2 Å². The Labute approximate surface area is 52.9 Å². The van der Waals surface area contributed by atoms with Crippen LogP contribution in [0.3, 0.4) is 0 Å². The third kappa shape index (κ3) is 1.62. The van der Waals surface area contributed by atoms with Crippen molar-refractivity contribution >= 4 is 0 Å². The molecule has 9 heavy (non-hydrogen) atoms. The zero-order chi connectivity index (χ0) is 6.69. The molecule has 0 aromatic carbocycles. The minimum Gasteiger partial charge on any atom is -0.827 e. The number of hydrogen-bond acceptors (Lipinski definition) is 4. The molecule has 1 aliphatic heterocycles. The van der Waals surface area contributed by atoms with E-state index in [-0.39, 0.29) is 0 Å². The summed E-state index contributed by atoms with van der Waals surface area (Å²) in [6.07, 6.45) is -0.302. The molecule has 0 amide bonds. The molecule has 1 heterocycles. The Bertz CT molecular complexity index is 79.0. The Hall–Kier alpha value is -0.160. The second kappa shape index (κ2) is 3.12. The van der Waals surface area contributed by atoms with Gasteiger partial charge in [0.1, 0.15) is 0 Å². The predicted octanol–water partition coefficient (Wildman–Crippen LogP) is -0.659. The van der Waals surface area contributed by atoms with Gasteiger partial charge in [-0.3, -0.25) is 10.1 Å². The van der Waals surface area contributed by atoms with E-state index < -0.39 is 12.4 Å². The second-order valence-electron chi connectivity index (χ2n) is 2.03. The molecule has 1 rings (SSSR count). The van der Waals surface area contributed by atoms with Crippen molar-refractivity contribution in [3.05, 3.63) is 0 Å². The molecule has 0 aromatic heterocycles. The highest BCUT2D eigenvalue weighted by Crippen LogP contribution is 2.13. The van der Waals surface area contributed by atoms with E-state index in [4.69, 9.17) is 9.99 Å². The Balaban J connectivity index is 2.24. The van der Waals surface area contributed by atoms with Gasteiger partial charge < -0.3 is 9.84 Å². The maximum absolute atomic E-state index is 10.5. The van der Waals surface area contributed by atoms with Crippen LogP contribution in [-0.4, -0.2) is 24.3 Å². The fourth-order valence-corrected chi connectivity index (χ4v) is 0.885.